The van der Waals surface area contributed by atoms with E-state index in [9.17, 15) is 13.6 Å². The number of halogens is 2. The molecule has 100 valence electrons. The number of nitrogens with one attached hydrogen (secondary N) is 1. The van der Waals surface area contributed by atoms with Crippen LogP contribution in [0.3, 0.4) is 0 Å². The molecular formula is C12H16F2N2OS. The van der Waals surface area contributed by atoms with Crippen LogP contribution in [0.2, 0.25) is 0 Å². The van der Waals surface area contributed by atoms with E-state index in [-0.39, 0.29) is 11.8 Å². The molecule has 6 heteroatoms. The maximum atomic E-state index is 12.1. The summed E-state index contributed by atoms with van der Waals surface area (Å²) >= 11 is 0.478. The zero-order chi connectivity index (χ0) is 13.5. The molecule has 0 aliphatic carbocycles. The summed E-state index contributed by atoms with van der Waals surface area (Å²) in [5.41, 5.74) is 6.03. The predicted molar refractivity (Wildman–Crippen MR) is 69.8 cm³/mol. The SMILES string of the molecule is CC(CN)CC(=O)Nc1ccc(SC(F)F)cc1. The number of nitrogens with two attached hydrogens (primary N) is 1. The lowest BCUT2D eigenvalue weighted by Crippen LogP contribution is -2.19. The number of alkyl halides is 2. The van der Waals surface area contributed by atoms with E-state index in [1.54, 1.807) is 24.3 Å². The van der Waals surface area contributed by atoms with Crippen LogP contribution in [0.5, 0.6) is 0 Å². The Bertz CT molecular complexity index is 384. The van der Waals surface area contributed by atoms with Crippen LogP contribution in [-0.2, 0) is 4.79 Å². The van der Waals surface area contributed by atoms with Gasteiger partial charge in [-0.2, -0.15) is 8.78 Å². The highest BCUT2D eigenvalue weighted by atomic mass is 32.2. The van der Waals surface area contributed by atoms with Crippen molar-refractivity contribution in [2.24, 2.45) is 11.7 Å². The van der Waals surface area contributed by atoms with Crippen molar-refractivity contribution in [3.8, 4) is 0 Å². The Morgan fingerprint density at radius 1 is 1.39 bits per heavy atom. The minimum Gasteiger partial charge on any atom is -0.330 e. The zero-order valence-corrected chi connectivity index (χ0v) is 10.8. The Kier molecular flexibility index (Phi) is 6.07. The van der Waals surface area contributed by atoms with Crippen molar-refractivity contribution in [2.75, 3.05) is 11.9 Å². The molecule has 0 aliphatic rings. The molecule has 0 heterocycles. The Hall–Kier alpha value is -1.14. The molecule has 1 atom stereocenters. The second kappa shape index (κ2) is 7.33. The number of anilines is 1. The van der Waals surface area contributed by atoms with Crippen LogP contribution >= 0.6 is 11.8 Å². The second-order valence-corrected chi connectivity index (χ2v) is 5.06. The molecule has 18 heavy (non-hydrogen) atoms. The summed E-state index contributed by atoms with van der Waals surface area (Å²) in [5.74, 6) is -2.43. The van der Waals surface area contributed by atoms with Gasteiger partial charge in [0.25, 0.3) is 5.76 Å². The molecule has 1 rings (SSSR count). The fourth-order valence-corrected chi connectivity index (χ4v) is 1.83. The summed E-state index contributed by atoms with van der Waals surface area (Å²) in [6.45, 7) is 2.35. The number of carbonyl (C=O) groups is 1. The first-order chi connectivity index (χ1) is 8.51. The Balaban J connectivity index is 2.50. The van der Waals surface area contributed by atoms with Gasteiger partial charge in [-0.05, 0) is 36.7 Å². The monoisotopic (exact) mass is 274 g/mol. The van der Waals surface area contributed by atoms with Crippen molar-refractivity contribution in [2.45, 2.75) is 24.0 Å². The molecule has 3 N–H and O–H groups in total. The zero-order valence-electron chi connectivity index (χ0n) is 10.0. The van der Waals surface area contributed by atoms with Crippen molar-refractivity contribution < 1.29 is 13.6 Å². The van der Waals surface area contributed by atoms with E-state index < -0.39 is 5.76 Å². The third-order valence-corrected chi connectivity index (χ3v) is 3.02. The number of amides is 1. The average molecular weight is 274 g/mol. The summed E-state index contributed by atoms with van der Waals surface area (Å²) in [6.07, 6.45) is 0.351. The van der Waals surface area contributed by atoms with Crippen LogP contribution in [0.1, 0.15) is 13.3 Å². The molecular weight excluding hydrogens is 258 g/mol. The normalized spacial score (nSPS) is 12.5. The Morgan fingerprint density at radius 3 is 2.50 bits per heavy atom. The molecule has 1 aromatic rings. The van der Waals surface area contributed by atoms with Gasteiger partial charge in [-0.25, -0.2) is 0 Å². The number of hydrogen-bond donors (Lipinski definition) is 2. The van der Waals surface area contributed by atoms with E-state index in [1.807, 2.05) is 6.92 Å². The van der Waals surface area contributed by atoms with Gasteiger partial charge in [0, 0.05) is 17.0 Å². The van der Waals surface area contributed by atoms with Gasteiger partial charge in [0.1, 0.15) is 0 Å². The molecule has 0 saturated carbocycles. The van der Waals surface area contributed by atoms with E-state index in [1.165, 1.54) is 0 Å². The van der Waals surface area contributed by atoms with Crippen molar-refractivity contribution in [1.29, 1.82) is 0 Å². The highest BCUT2D eigenvalue weighted by Crippen LogP contribution is 2.26. The standard InChI is InChI=1S/C12H16F2N2OS/c1-8(7-15)6-11(17)16-9-2-4-10(5-3-9)18-12(13)14/h2-5,8,12H,6-7,15H2,1H3,(H,16,17). The minimum absolute atomic E-state index is 0.123. The highest BCUT2D eigenvalue weighted by Gasteiger charge is 2.08. The first-order valence-electron chi connectivity index (χ1n) is 5.56. The maximum Gasteiger partial charge on any atom is 0.288 e. The van der Waals surface area contributed by atoms with Gasteiger partial charge in [-0.15, -0.1) is 0 Å². The van der Waals surface area contributed by atoms with Crippen LogP contribution in [0.25, 0.3) is 0 Å². The van der Waals surface area contributed by atoms with E-state index in [4.69, 9.17) is 5.73 Å². The lowest BCUT2D eigenvalue weighted by atomic mass is 10.1. The van der Waals surface area contributed by atoms with Gasteiger partial charge in [0.05, 0.1) is 0 Å². The number of rotatable bonds is 6. The summed E-state index contributed by atoms with van der Waals surface area (Å²) < 4.78 is 24.2. The van der Waals surface area contributed by atoms with E-state index >= 15 is 0 Å². The first kappa shape index (κ1) is 14.9. The molecule has 0 fully saturated rings. The summed E-state index contributed by atoms with van der Waals surface area (Å²) in [7, 11) is 0. The minimum atomic E-state index is -2.43. The molecule has 1 unspecified atom stereocenters. The van der Waals surface area contributed by atoms with E-state index in [0.717, 1.165) is 0 Å². The quantitative estimate of drug-likeness (QED) is 0.784. The third kappa shape index (κ3) is 5.46. The highest BCUT2D eigenvalue weighted by molar-refractivity contribution is 7.99. The van der Waals surface area contributed by atoms with Crippen LogP contribution in [0, 0.1) is 5.92 Å². The van der Waals surface area contributed by atoms with E-state index in [0.29, 0.717) is 35.3 Å². The van der Waals surface area contributed by atoms with Gasteiger partial charge in [0.15, 0.2) is 0 Å². The maximum absolute atomic E-state index is 12.1. The molecule has 0 saturated heterocycles. The number of hydrogen-bond acceptors (Lipinski definition) is 3. The second-order valence-electron chi connectivity index (χ2n) is 4.00. The van der Waals surface area contributed by atoms with Gasteiger partial charge in [0.2, 0.25) is 5.91 Å². The fourth-order valence-electron chi connectivity index (χ4n) is 1.33. The summed E-state index contributed by atoms with van der Waals surface area (Å²) in [6, 6.07) is 6.32. The first-order valence-corrected chi connectivity index (χ1v) is 6.44. The molecule has 0 aromatic heterocycles. The van der Waals surface area contributed by atoms with Gasteiger partial charge < -0.3 is 11.1 Å². The summed E-state index contributed by atoms with van der Waals surface area (Å²) in [5, 5.41) is 2.70. The largest absolute Gasteiger partial charge is 0.330 e. The van der Waals surface area contributed by atoms with Crippen LogP contribution in [0.4, 0.5) is 14.5 Å². The van der Waals surface area contributed by atoms with Crippen LogP contribution < -0.4 is 11.1 Å². The lowest BCUT2D eigenvalue weighted by Gasteiger charge is -2.09. The van der Waals surface area contributed by atoms with Crippen molar-refractivity contribution in [3.05, 3.63) is 24.3 Å². The lowest BCUT2D eigenvalue weighted by molar-refractivity contribution is -0.116. The smallest absolute Gasteiger partial charge is 0.288 e. The third-order valence-electron chi connectivity index (χ3n) is 2.30. The molecule has 0 radical (unpaired) electrons. The molecule has 1 amide bonds. The van der Waals surface area contributed by atoms with Crippen LogP contribution in [-0.4, -0.2) is 18.2 Å². The average Bonchev–Trinajstić information content (AvgIpc) is 2.30. The van der Waals surface area contributed by atoms with Crippen molar-refractivity contribution >= 4 is 23.4 Å². The topological polar surface area (TPSA) is 55.1 Å². The van der Waals surface area contributed by atoms with Crippen LogP contribution in [0.15, 0.2) is 29.2 Å². The molecule has 1 aromatic carbocycles. The molecule has 0 aliphatic heterocycles. The number of thioether (sulfide) groups is 1. The molecule has 3 nitrogen and oxygen atoms in total. The fraction of sp³-hybridized carbons (Fsp3) is 0.417. The van der Waals surface area contributed by atoms with Crippen molar-refractivity contribution in [1.82, 2.24) is 0 Å². The van der Waals surface area contributed by atoms with Gasteiger partial charge in [-0.1, -0.05) is 18.7 Å². The molecule has 0 spiro atoms. The Morgan fingerprint density at radius 2 is 2.00 bits per heavy atom. The van der Waals surface area contributed by atoms with Gasteiger partial charge in [-0.3, -0.25) is 4.79 Å². The number of benzene rings is 1. The Labute approximate surface area is 109 Å². The molecule has 0 bridgehead atoms. The number of carbonyl (C=O) groups excluding carboxylic acids is 1. The predicted octanol–water partition coefficient (Wildman–Crippen LogP) is 2.92. The van der Waals surface area contributed by atoms with E-state index in [2.05, 4.69) is 5.32 Å². The summed E-state index contributed by atoms with van der Waals surface area (Å²) in [4.78, 5) is 12.0. The van der Waals surface area contributed by atoms with Gasteiger partial charge >= 0.3 is 0 Å². The van der Waals surface area contributed by atoms with Crippen molar-refractivity contribution in [3.63, 3.8) is 0 Å².